The van der Waals surface area contributed by atoms with Crippen molar-refractivity contribution in [2.75, 3.05) is 33.7 Å². The topological polar surface area (TPSA) is 81.7 Å². The van der Waals surface area contributed by atoms with Crippen LogP contribution in [0.4, 0.5) is 4.79 Å². The first-order valence-electron chi connectivity index (χ1n) is 6.21. The van der Waals surface area contributed by atoms with Gasteiger partial charge in [-0.3, -0.25) is 4.79 Å². The average molecular weight is 259 g/mol. The molecule has 6 heteroatoms. The molecule has 0 aromatic heterocycles. The molecule has 3 N–H and O–H groups in total. The summed E-state index contributed by atoms with van der Waals surface area (Å²) >= 11 is 0. The maximum absolute atomic E-state index is 11.4. The van der Waals surface area contributed by atoms with Crippen molar-refractivity contribution >= 4 is 12.0 Å². The Morgan fingerprint density at radius 3 is 2.33 bits per heavy atom. The number of carboxylic acid groups (broad SMARTS) is 1. The number of carbonyl (C=O) groups is 2. The predicted molar refractivity (Wildman–Crippen MR) is 70.6 cm³/mol. The minimum absolute atomic E-state index is 0.137. The number of urea groups is 1. The molecule has 106 valence electrons. The van der Waals surface area contributed by atoms with Gasteiger partial charge in [0.15, 0.2) is 0 Å². The zero-order valence-electron chi connectivity index (χ0n) is 11.7. The minimum atomic E-state index is -0.902. The predicted octanol–water partition coefficient (Wildman–Crippen LogP) is 0.738. The fourth-order valence-corrected chi connectivity index (χ4v) is 1.29. The maximum Gasteiger partial charge on any atom is 0.314 e. The molecule has 0 aliphatic heterocycles. The molecule has 0 radical (unpaired) electrons. The Balaban J connectivity index is 3.86. The minimum Gasteiger partial charge on any atom is -0.481 e. The molecule has 1 atom stereocenters. The van der Waals surface area contributed by atoms with Gasteiger partial charge in [-0.25, -0.2) is 4.79 Å². The average Bonchev–Trinajstić information content (AvgIpc) is 2.31. The second-order valence-corrected chi connectivity index (χ2v) is 4.99. The van der Waals surface area contributed by atoms with E-state index in [4.69, 9.17) is 5.11 Å². The van der Waals surface area contributed by atoms with Gasteiger partial charge in [0.1, 0.15) is 0 Å². The van der Waals surface area contributed by atoms with Crippen molar-refractivity contribution in [2.45, 2.75) is 26.7 Å². The molecule has 0 saturated carbocycles. The molecule has 1 unspecified atom stereocenters. The third-order valence-electron chi connectivity index (χ3n) is 3.00. The summed E-state index contributed by atoms with van der Waals surface area (Å²) in [4.78, 5) is 24.5. The SMILES string of the molecule is CCC(C)(CNC(=O)NCCCN(C)C)C(=O)O. The number of aliphatic carboxylic acids is 1. The van der Waals surface area contributed by atoms with Gasteiger partial charge in [-0.05, 0) is 40.4 Å². The van der Waals surface area contributed by atoms with Crippen LogP contribution in [0, 0.1) is 5.41 Å². The standard InChI is InChI=1S/C12H25N3O3/c1-5-12(2,10(16)17)9-14-11(18)13-7-6-8-15(3)4/h5-9H2,1-4H3,(H,16,17)(H2,13,14,18). The number of hydrogen-bond acceptors (Lipinski definition) is 3. The van der Waals surface area contributed by atoms with Gasteiger partial charge >= 0.3 is 12.0 Å². The highest BCUT2D eigenvalue weighted by Crippen LogP contribution is 2.19. The van der Waals surface area contributed by atoms with Crippen molar-refractivity contribution in [1.29, 1.82) is 0 Å². The van der Waals surface area contributed by atoms with Crippen LogP contribution >= 0.6 is 0 Å². The summed E-state index contributed by atoms with van der Waals surface area (Å²) in [6.07, 6.45) is 1.34. The van der Waals surface area contributed by atoms with E-state index in [0.29, 0.717) is 13.0 Å². The molecule has 0 saturated heterocycles. The second-order valence-electron chi connectivity index (χ2n) is 4.99. The van der Waals surface area contributed by atoms with Gasteiger partial charge in [-0.1, -0.05) is 6.92 Å². The third-order valence-corrected chi connectivity index (χ3v) is 3.00. The highest BCUT2D eigenvalue weighted by molar-refractivity contribution is 5.77. The highest BCUT2D eigenvalue weighted by Gasteiger charge is 2.31. The first-order chi connectivity index (χ1) is 8.31. The number of carboxylic acids is 1. The summed E-state index contributed by atoms with van der Waals surface area (Å²) in [5.74, 6) is -0.891. The molecule has 0 fully saturated rings. The van der Waals surface area contributed by atoms with E-state index in [1.165, 1.54) is 0 Å². The van der Waals surface area contributed by atoms with E-state index in [9.17, 15) is 9.59 Å². The van der Waals surface area contributed by atoms with Gasteiger partial charge in [-0.15, -0.1) is 0 Å². The monoisotopic (exact) mass is 259 g/mol. The van der Waals surface area contributed by atoms with Crippen LogP contribution in [0.15, 0.2) is 0 Å². The van der Waals surface area contributed by atoms with Crippen molar-refractivity contribution in [3.05, 3.63) is 0 Å². The zero-order chi connectivity index (χ0) is 14.2. The van der Waals surface area contributed by atoms with Crippen LogP contribution in [0.25, 0.3) is 0 Å². The molecule has 0 rings (SSSR count). The summed E-state index contributed by atoms with van der Waals surface area (Å²) < 4.78 is 0. The fourth-order valence-electron chi connectivity index (χ4n) is 1.29. The molecule has 0 aliphatic carbocycles. The summed E-state index contributed by atoms with van der Waals surface area (Å²) in [7, 11) is 3.94. The van der Waals surface area contributed by atoms with E-state index in [1.807, 2.05) is 19.0 Å². The van der Waals surface area contributed by atoms with E-state index in [-0.39, 0.29) is 12.6 Å². The summed E-state index contributed by atoms with van der Waals surface area (Å²) in [6.45, 7) is 5.05. The smallest absolute Gasteiger partial charge is 0.314 e. The Labute approximate surface area is 109 Å². The van der Waals surface area contributed by atoms with Crippen LogP contribution in [0.1, 0.15) is 26.7 Å². The normalized spacial score (nSPS) is 14.1. The van der Waals surface area contributed by atoms with Gasteiger partial charge in [-0.2, -0.15) is 0 Å². The first kappa shape index (κ1) is 16.7. The van der Waals surface area contributed by atoms with Crippen LogP contribution in [-0.4, -0.2) is 55.7 Å². The number of amides is 2. The Hall–Kier alpha value is -1.30. The van der Waals surface area contributed by atoms with Gasteiger partial charge < -0.3 is 20.6 Å². The molecule has 0 heterocycles. The molecule has 0 spiro atoms. The molecule has 2 amide bonds. The van der Waals surface area contributed by atoms with Crippen molar-refractivity contribution in [3.63, 3.8) is 0 Å². The lowest BCUT2D eigenvalue weighted by atomic mass is 9.88. The summed E-state index contributed by atoms with van der Waals surface area (Å²) in [6, 6.07) is -0.310. The quantitative estimate of drug-likeness (QED) is 0.561. The lowest BCUT2D eigenvalue weighted by Gasteiger charge is -2.23. The second kappa shape index (κ2) is 7.92. The maximum atomic E-state index is 11.4. The van der Waals surface area contributed by atoms with Gasteiger partial charge in [0.2, 0.25) is 0 Å². The van der Waals surface area contributed by atoms with Crippen molar-refractivity contribution in [2.24, 2.45) is 5.41 Å². The van der Waals surface area contributed by atoms with Crippen molar-refractivity contribution < 1.29 is 14.7 Å². The van der Waals surface area contributed by atoms with E-state index < -0.39 is 11.4 Å². The Bertz CT molecular complexity index is 282. The number of carbonyl (C=O) groups excluding carboxylic acids is 1. The number of hydrogen-bond donors (Lipinski definition) is 3. The summed E-state index contributed by atoms with van der Waals surface area (Å²) in [5, 5.41) is 14.3. The largest absolute Gasteiger partial charge is 0.481 e. The third kappa shape index (κ3) is 6.44. The lowest BCUT2D eigenvalue weighted by molar-refractivity contribution is -0.147. The van der Waals surface area contributed by atoms with Crippen molar-refractivity contribution in [1.82, 2.24) is 15.5 Å². The zero-order valence-corrected chi connectivity index (χ0v) is 11.7. The van der Waals surface area contributed by atoms with Crippen molar-refractivity contribution in [3.8, 4) is 0 Å². The molecule has 0 aliphatic rings. The van der Waals surface area contributed by atoms with Gasteiger partial charge in [0.05, 0.1) is 5.41 Å². The fraction of sp³-hybridized carbons (Fsp3) is 0.833. The van der Waals surface area contributed by atoms with Crippen LogP contribution in [0.2, 0.25) is 0 Å². The van der Waals surface area contributed by atoms with E-state index in [1.54, 1.807) is 13.8 Å². The van der Waals surface area contributed by atoms with E-state index in [0.717, 1.165) is 13.0 Å². The number of rotatable bonds is 8. The molecule has 18 heavy (non-hydrogen) atoms. The van der Waals surface area contributed by atoms with Gasteiger partial charge in [0, 0.05) is 13.1 Å². The molecular weight excluding hydrogens is 234 g/mol. The van der Waals surface area contributed by atoms with Gasteiger partial charge in [0.25, 0.3) is 0 Å². The number of nitrogens with one attached hydrogen (secondary N) is 2. The van der Waals surface area contributed by atoms with Crippen LogP contribution in [-0.2, 0) is 4.79 Å². The Morgan fingerprint density at radius 1 is 1.28 bits per heavy atom. The summed E-state index contributed by atoms with van der Waals surface area (Å²) in [5.41, 5.74) is -0.902. The van der Waals surface area contributed by atoms with Crippen LogP contribution in [0.5, 0.6) is 0 Å². The first-order valence-corrected chi connectivity index (χ1v) is 6.21. The molecular formula is C12H25N3O3. The molecule has 0 aromatic carbocycles. The molecule has 6 nitrogen and oxygen atoms in total. The van der Waals surface area contributed by atoms with E-state index in [2.05, 4.69) is 10.6 Å². The van der Waals surface area contributed by atoms with E-state index >= 15 is 0 Å². The Morgan fingerprint density at radius 2 is 1.89 bits per heavy atom. The number of nitrogens with zero attached hydrogens (tertiary/aromatic N) is 1. The Kier molecular flexibility index (Phi) is 7.35. The van der Waals surface area contributed by atoms with Crippen LogP contribution in [0.3, 0.4) is 0 Å². The highest BCUT2D eigenvalue weighted by atomic mass is 16.4. The lowest BCUT2D eigenvalue weighted by Crippen LogP contribution is -2.45. The molecule has 0 aromatic rings. The molecule has 0 bridgehead atoms. The van der Waals surface area contributed by atoms with Crippen LogP contribution < -0.4 is 10.6 Å².